The smallest absolute Gasteiger partial charge is 0.347 e. The fraction of sp³-hybridized carbons (Fsp3) is 0.462. The zero-order valence-corrected chi connectivity index (χ0v) is 11.2. The third-order valence-electron chi connectivity index (χ3n) is 2.56. The predicted molar refractivity (Wildman–Crippen MR) is 69.2 cm³/mol. The summed E-state index contributed by atoms with van der Waals surface area (Å²) in [6.45, 7) is 5.44. The minimum Gasteiger partial charge on any atom is -0.479 e. The third kappa shape index (κ3) is 3.94. The van der Waals surface area contributed by atoms with Crippen molar-refractivity contribution in [3.63, 3.8) is 0 Å². The van der Waals surface area contributed by atoms with Gasteiger partial charge >= 0.3 is 5.97 Å². The van der Waals surface area contributed by atoms with Gasteiger partial charge in [0.05, 0.1) is 11.5 Å². The SMILES string of the molecule is CCOC(=O)[C@H](CC)Oc1ccc([N+](=O)[O-])c(C)c1. The third-order valence-corrected chi connectivity index (χ3v) is 2.56. The lowest BCUT2D eigenvalue weighted by molar-refractivity contribution is -0.385. The van der Waals surface area contributed by atoms with E-state index in [1.165, 1.54) is 12.1 Å². The molecular weight excluding hydrogens is 250 g/mol. The Labute approximate surface area is 111 Å². The molecule has 6 heteroatoms. The van der Waals surface area contributed by atoms with Gasteiger partial charge in [0.1, 0.15) is 5.75 Å². The second-order valence-electron chi connectivity index (χ2n) is 3.97. The molecule has 19 heavy (non-hydrogen) atoms. The first-order chi connectivity index (χ1) is 8.99. The molecule has 0 radical (unpaired) electrons. The van der Waals surface area contributed by atoms with Crippen molar-refractivity contribution in [2.45, 2.75) is 33.3 Å². The van der Waals surface area contributed by atoms with Gasteiger partial charge in [-0.05, 0) is 32.4 Å². The van der Waals surface area contributed by atoms with E-state index in [0.29, 0.717) is 17.7 Å². The first-order valence-electron chi connectivity index (χ1n) is 6.07. The maximum absolute atomic E-state index is 11.6. The lowest BCUT2D eigenvalue weighted by atomic mass is 10.2. The molecule has 0 amide bonds. The molecule has 0 aliphatic rings. The van der Waals surface area contributed by atoms with Crippen LogP contribution in [0.15, 0.2) is 18.2 Å². The standard InChI is InChI=1S/C13H17NO5/c1-4-12(13(15)18-5-2)19-10-6-7-11(14(16)17)9(3)8-10/h6-8,12H,4-5H2,1-3H3/t12-/m0/s1. The van der Waals surface area contributed by atoms with E-state index in [9.17, 15) is 14.9 Å². The van der Waals surface area contributed by atoms with Gasteiger partial charge in [-0.2, -0.15) is 0 Å². The predicted octanol–water partition coefficient (Wildman–Crippen LogP) is 2.62. The van der Waals surface area contributed by atoms with Crippen LogP contribution in [0.1, 0.15) is 25.8 Å². The number of ether oxygens (including phenoxy) is 2. The van der Waals surface area contributed by atoms with Crippen LogP contribution < -0.4 is 4.74 Å². The molecule has 0 aliphatic heterocycles. The summed E-state index contributed by atoms with van der Waals surface area (Å²) in [6, 6.07) is 4.38. The fourth-order valence-electron chi connectivity index (χ4n) is 1.60. The normalized spacial score (nSPS) is 11.7. The summed E-state index contributed by atoms with van der Waals surface area (Å²) in [6.07, 6.45) is -0.227. The molecule has 0 fully saturated rings. The van der Waals surface area contributed by atoms with Crippen LogP contribution in [0.2, 0.25) is 0 Å². The van der Waals surface area contributed by atoms with Gasteiger partial charge in [0, 0.05) is 11.6 Å². The monoisotopic (exact) mass is 267 g/mol. The van der Waals surface area contributed by atoms with Crippen LogP contribution in [-0.2, 0) is 9.53 Å². The van der Waals surface area contributed by atoms with Crippen LogP contribution >= 0.6 is 0 Å². The minimum absolute atomic E-state index is 0.0246. The average Bonchev–Trinajstić information content (AvgIpc) is 2.35. The summed E-state index contributed by atoms with van der Waals surface area (Å²) in [5.41, 5.74) is 0.512. The summed E-state index contributed by atoms with van der Waals surface area (Å²) in [4.78, 5) is 21.8. The molecule has 1 aromatic carbocycles. The van der Waals surface area contributed by atoms with Gasteiger partial charge in [-0.1, -0.05) is 6.92 Å². The molecular formula is C13H17NO5. The molecule has 104 valence electrons. The van der Waals surface area contributed by atoms with Crippen molar-refractivity contribution < 1.29 is 19.2 Å². The largest absolute Gasteiger partial charge is 0.479 e. The van der Waals surface area contributed by atoms with Crippen LogP contribution in [-0.4, -0.2) is 23.6 Å². The highest BCUT2D eigenvalue weighted by molar-refractivity contribution is 5.75. The van der Waals surface area contributed by atoms with Crippen molar-refractivity contribution in [3.8, 4) is 5.75 Å². The quantitative estimate of drug-likeness (QED) is 0.449. The zero-order chi connectivity index (χ0) is 14.4. The number of carbonyl (C=O) groups is 1. The van der Waals surface area contributed by atoms with E-state index in [-0.39, 0.29) is 12.3 Å². The summed E-state index contributed by atoms with van der Waals surface area (Å²) >= 11 is 0. The highest BCUT2D eigenvalue weighted by Crippen LogP contribution is 2.24. The molecule has 1 aromatic rings. The summed E-state index contributed by atoms with van der Waals surface area (Å²) in [7, 11) is 0. The lowest BCUT2D eigenvalue weighted by Gasteiger charge is -2.16. The second-order valence-corrected chi connectivity index (χ2v) is 3.97. The Morgan fingerprint density at radius 2 is 2.11 bits per heavy atom. The molecule has 0 heterocycles. The Balaban J connectivity index is 2.84. The van der Waals surface area contributed by atoms with Crippen LogP contribution in [0.5, 0.6) is 5.75 Å². The summed E-state index contributed by atoms with van der Waals surface area (Å²) in [5, 5.41) is 10.7. The maximum Gasteiger partial charge on any atom is 0.347 e. The van der Waals surface area contributed by atoms with E-state index >= 15 is 0 Å². The molecule has 0 aliphatic carbocycles. The van der Waals surface area contributed by atoms with Gasteiger partial charge in [-0.3, -0.25) is 10.1 Å². The van der Waals surface area contributed by atoms with Crippen molar-refractivity contribution in [1.29, 1.82) is 0 Å². The van der Waals surface area contributed by atoms with Gasteiger partial charge in [0.15, 0.2) is 6.10 Å². The number of nitro groups is 1. The second kappa shape index (κ2) is 6.72. The first kappa shape index (κ1) is 14.9. The van der Waals surface area contributed by atoms with Crippen molar-refractivity contribution in [2.75, 3.05) is 6.61 Å². The van der Waals surface area contributed by atoms with Gasteiger partial charge in [0.25, 0.3) is 5.69 Å². The molecule has 6 nitrogen and oxygen atoms in total. The van der Waals surface area contributed by atoms with Crippen LogP contribution in [0, 0.1) is 17.0 Å². The summed E-state index contributed by atoms with van der Waals surface area (Å²) in [5.74, 6) is -0.0102. The maximum atomic E-state index is 11.6. The molecule has 0 unspecified atom stereocenters. The van der Waals surface area contributed by atoms with E-state index in [0.717, 1.165) is 0 Å². The van der Waals surface area contributed by atoms with Crippen molar-refractivity contribution in [2.24, 2.45) is 0 Å². The first-order valence-corrected chi connectivity index (χ1v) is 6.07. The average molecular weight is 267 g/mol. The van der Waals surface area contributed by atoms with E-state index in [1.807, 2.05) is 0 Å². The van der Waals surface area contributed by atoms with Crippen LogP contribution in [0.25, 0.3) is 0 Å². The highest BCUT2D eigenvalue weighted by Gasteiger charge is 2.20. The number of nitrogens with zero attached hydrogens (tertiary/aromatic N) is 1. The van der Waals surface area contributed by atoms with Crippen LogP contribution in [0.3, 0.4) is 0 Å². The summed E-state index contributed by atoms with van der Waals surface area (Å²) < 4.78 is 10.4. The number of benzene rings is 1. The molecule has 1 rings (SSSR count). The van der Waals surface area contributed by atoms with E-state index < -0.39 is 17.0 Å². The van der Waals surface area contributed by atoms with E-state index in [2.05, 4.69) is 0 Å². The number of nitro benzene ring substituents is 1. The Morgan fingerprint density at radius 1 is 1.42 bits per heavy atom. The number of rotatable bonds is 6. The Kier molecular flexibility index (Phi) is 5.29. The van der Waals surface area contributed by atoms with E-state index in [1.54, 1.807) is 26.8 Å². The number of carbonyl (C=O) groups excluding carboxylic acids is 1. The molecule has 0 saturated heterocycles. The van der Waals surface area contributed by atoms with Crippen molar-refractivity contribution >= 4 is 11.7 Å². The Morgan fingerprint density at radius 3 is 2.58 bits per heavy atom. The number of aryl methyl sites for hydroxylation is 1. The van der Waals surface area contributed by atoms with Crippen LogP contribution in [0.4, 0.5) is 5.69 Å². The van der Waals surface area contributed by atoms with Gasteiger partial charge in [-0.15, -0.1) is 0 Å². The molecule has 1 atom stereocenters. The van der Waals surface area contributed by atoms with Gasteiger partial charge in [0.2, 0.25) is 0 Å². The number of esters is 1. The topological polar surface area (TPSA) is 78.7 Å². The van der Waals surface area contributed by atoms with Gasteiger partial charge < -0.3 is 9.47 Å². The minimum atomic E-state index is -0.694. The highest BCUT2D eigenvalue weighted by atomic mass is 16.6. The zero-order valence-electron chi connectivity index (χ0n) is 11.2. The van der Waals surface area contributed by atoms with E-state index in [4.69, 9.17) is 9.47 Å². The van der Waals surface area contributed by atoms with Crippen molar-refractivity contribution in [1.82, 2.24) is 0 Å². The molecule has 0 saturated carbocycles. The van der Waals surface area contributed by atoms with Gasteiger partial charge in [-0.25, -0.2) is 4.79 Å². The number of hydrogen-bond acceptors (Lipinski definition) is 5. The molecule has 0 spiro atoms. The number of hydrogen-bond donors (Lipinski definition) is 0. The molecule has 0 N–H and O–H groups in total. The Bertz CT molecular complexity index is 472. The van der Waals surface area contributed by atoms with Crippen molar-refractivity contribution in [3.05, 3.63) is 33.9 Å². The fourth-order valence-corrected chi connectivity index (χ4v) is 1.60. The Hall–Kier alpha value is -2.11. The molecule has 0 aromatic heterocycles. The molecule has 0 bridgehead atoms. The lowest BCUT2D eigenvalue weighted by Crippen LogP contribution is -2.28.